The van der Waals surface area contributed by atoms with Crippen LogP contribution in [0, 0.1) is 0 Å². The molecule has 3 heteroatoms. The second kappa shape index (κ2) is 4.64. The monoisotopic (exact) mass is 202 g/mol. The number of para-hydroxylation sites is 1. The zero-order chi connectivity index (χ0) is 10.5. The van der Waals surface area contributed by atoms with Gasteiger partial charge in [-0.05, 0) is 18.6 Å². The van der Waals surface area contributed by atoms with E-state index in [0.29, 0.717) is 0 Å². The van der Waals surface area contributed by atoms with Crippen molar-refractivity contribution in [3.05, 3.63) is 36.7 Å². The molecule has 0 amide bonds. The van der Waals surface area contributed by atoms with E-state index >= 15 is 0 Å². The maximum absolute atomic E-state index is 5.65. The molecule has 1 aromatic carbocycles. The van der Waals surface area contributed by atoms with Gasteiger partial charge in [0.2, 0.25) is 0 Å². The molecule has 0 unspecified atom stereocenters. The third-order valence-corrected chi connectivity index (χ3v) is 2.10. The molecule has 15 heavy (non-hydrogen) atoms. The summed E-state index contributed by atoms with van der Waals surface area (Å²) in [5.41, 5.74) is 1.01. The molecule has 0 aliphatic heterocycles. The van der Waals surface area contributed by atoms with Gasteiger partial charge in [-0.3, -0.25) is 0 Å². The second-order valence-electron chi connectivity index (χ2n) is 3.28. The molecule has 1 heterocycles. The molecule has 0 atom stereocenters. The fourth-order valence-electron chi connectivity index (χ4n) is 1.41. The van der Waals surface area contributed by atoms with Crippen LogP contribution in [0.4, 0.5) is 0 Å². The summed E-state index contributed by atoms with van der Waals surface area (Å²) in [7, 11) is 0. The van der Waals surface area contributed by atoms with Crippen LogP contribution in [0.1, 0.15) is 13.3 Å². The average Bonchev–Trinajstić information content (AvgIpc) is 2.80. The molecule has 0 spiro atoms. The minimum absolute atomic E-state index is 0.734. The number of ether oxygens (including phenoxy) is 1. The highest BCUT2D eigenvalue weighted by molar-refractivity contribution is 5.63. The van der Waals surface area contributed by atoms with E-state index in [0.717, 1.165) is 30.2 Å². The molecule has 0 saturated carbocycles. The minimum Gasteiger partial charge on any atom is -0.493 e. The van der Waals surface area contributed by atoms with Crippen LogP contribution in [0.2, 0.25) is 0 Å². The van der Waals surface area contributed by atoms with Crippen molar-refractivity contribution in [2.75, 3.05) is 6.61 Å². The molecule has 2 rings (SSSR count). The van der Waals surface area contributed by atoms with Crippen molar-refractivity contribution in [1.82, 2.24) is 9.97 Å². The number of nitrogens with one attached hydrogen (secondary N) is 1. The third-order valence-electron chi connectivity index (χ3n) is 2.10. The Morgan fingerprint density at radius 1 is 1.33 bits per heavy atom. The summed E-state index contributed by atoms with van der Waals surface area (Å²) in [5, 5.41) is 0. The van der Waals surface area contributed by atoms with Crippen LogP contribution >= 0.6 is 0 Å². The van der Waals surface area contributed by atoms with Crippen LogP contribution < -0.4 is 4.74 Å². The largest absolute Gasteiger partial charge is 0.493 e. The van der Waals surface area contributed by atoms with Crippen LogP contribution in [-0.4, -0.2) is 16.6 Å². The number of imidazole rings is 1. The van der Waals surface area contributed by atoms with E-state index in [-0.39, 0.29) is 0 Å². The SMILES string of the molecule is CCCOc1ccccc1-c1ncc[nH]1. The Hall–Kier alpha value is -1.77. The lowest BCUT2D eigenvalue weighted by molar-refractivity contribution is 0.318. The summed E-state index contributed by atoms with van der Waals surface area (Å²) in [6.07, 6.45) is 4.56. The molecular weight excluding hydrogens is 188 g/mol. The van der Waals surface area contributed by atoms with E-state index in [2.05, 4.69) is 16.9 Å². The van der Waals surface area contributed by atoms with Gasteiger partial charge in [0.1, 0.15) is 11.6 Å². The van der Waals surface area contributed by atoms with E-state index in [4.69, 9.17) is 4.74 Å². The first kappa shape index (κ1) is 9.77. The number of nitrogens with zero attached hydrogens (tertiary/aromatic N) is 1. The van der Waals surface area contributed by atoms with Gasteiger partial charge >= 0.3 is 0 Å². The first-order chi connectivity index (χ1) is 7.42. The standard InChI is InChI=1S/C12H14N2O/c1-2-9-15-11-6-4-3-5-10(11)12-13-7-8-14-12/h3-8H,2,9H2,1H3,(H,13,14). The van der Waals surface area contributed by atoms with E-state index < -0.39 is 0 Å². The van der Waals surface area contributed by atoms with Crippen molar-refractivity contribution in [1.29, 1.82) is 0 Å². The van der Waals surface area contributed by atoms with Gasteiger partial charge < -0.3 is 9.72 Å². The van der Waals surface area contributed by atoms with Gasteiger partial charge in [-0.2, -0.15) is 0 Å². The summed E-state index contributed by atoms with van der Waals surface area (Å²) < 4.78 is 5.65. The van der Waals surface area contributed by atoms with E-state index in [1.165, 1.54) is 0 Å². The summed E-state index contributed by atoms with van der Waals surface area (Å²) in [4.78, 5) is 7.30. The number of hydrogen-bond acceptors (Lipinski definition) is 2. The summed E-state index contributed by atoms with van der Waals surface area (Å²) in [6.45, 7) is 2.83. The molecule has 0 aliphatic carbocycles. The predicted octanol–water partition coefficient (Wildman–Crippen LogP) is 2.87. The van der Waals surface area contributed by atoms with Gasteiger partial charge in [-0.25, -0.2) is 4.98 Å². The topological polar surface area (TPSA) is 37.9 Å². The molecule has 0 aliphatic rings. The molecule has 0 bridgehead atoms. The molecule has 78 valence electrons. The Balaban J connectivity index is 2.30. The van der Waals surface area contributed by atoms with Gasteiger partial charge in [0.25, 0.3) is 0 Å². The van der Waals surface area contributed by atoms with Crippen LogP contribution in [0.25, 0.3) is 11.4 Å². The fraction of sp³-hybridized carbons (Fsp3) is 0.250. The first-order valence-electron chi connectivity index (χ1n) is 5.13. The van der Waals surface area contributed by atoms with Gasteiger partial charge in [-0.1, -0.05) is 19.1 Å². The molecular formula is C12H14N2O. The van der Waals surface area contributed by atoms with Crippen molar-refractivity contribution in [2.24, 2.45) is 0 Å². The van der Waals surface area contributed by atoms with Gasteiger partial charge in [0.05, 0.1) is 12.2 Å². The highest BCUT2D eigenvalue weighted by atomic mass is 16.5. The zero-order valence-corrected chi connectivity index (χ0v) is 8.73. The number of aromatic amines is 1. The van der Waals surface area contributed by atoms with Crippen molar-refractivity contribution < 1.29 is 4.74 Å². The fourth-order valence-corrected chi connectivity index (χ4v) is 1.41. The summed E-state index contributed by atoms with van der Waals surface area (Å²) in [5.74, 6) is 1.73. The number of benzene rings is 1. The van der Waals surface area contributed by atoms with Gasteiger partial charge in [0.15, 0.2) is 0 Å². The molecule has 0 radical (unpaired) electrons. The average molecular weight is 202 g/mol. The Kier molecular flexibility index (Phi) is 3.02. The lowest BCUT2D eigenvalue weighted by atomic mass is 10.2. The lowest BCUT2D eigenvalue weighted by Gasteiger charge is -2.08. The molecule has 3 nitrogen and oxygen atoms in total. The lowest BCUT2D eigenvalue weighted by Crippen LogP contribution is -1.97. The quantitative estimate of drug-likeness (QED) is 0.827. The third kappa shape index (κ3) is 2.18. The summed E-state index contributed by atoms with van der Waals surface area (Å²) >= 11 is 0. The molecule has 0 fully saturated rings. The van der Waals surface area contributed by atoms with E-state index in [9.17, 15) is 0 Å². The van der Waals surface area contributed by atoms with Crippen LogP contribution in [0.5, 0.6) is 5.75 Å². The molecule has 1 aromatic heterocycles. The van der Waals surface area contributed by atoms with Gasteiger partial charge in [0, 0.05) is 12.4 Å². The van der Waals surface area contributed by atoms with Crippen molar-refractivity contribution in [3.8, 4) is 17.1 Å². The Morgan fingerprint density at radius 2 is 2.20 bits per heavy atom. The van der Waals surface area contributed by atoms with Crippen LogP contribution in [-0.2, 0) is 0 Å². The zero-order valence-electron chi connectivity index (χ0n) is 8.73. The second-order valence-corrected chi connectivity index (χ2v) is 3.28. The van der Waals surface area contributed by atoms with E-state index in [1.807, 2.05) is 30.5 Å². The predicted molar refractivity (Wildman–Crippen MR) is 59.8 cm³/mol. The number of aromatic nitrogens is 2. The Morgan fingerprint density at radius 3 is 2.93 bits per heavy atom. The highest BCUT2D eigenvalue weighted by Gasteiger charge is 2.06. The maximum Gasteiger partial charge on any atom is 0.141 e. The first-order valence-corrected chi connectivity index (χ1v) is 5.13. The smallest absolute Gasteiger partial charge is 0.141 e. The number of H-pyrrole nitrogens is 1. The Bertz CT molecular complexity index is 409. The Labute approximate surface area is 89.1 Å². The van der Waals surface area contributed by atoms with Crippen LogP contribution in [0.3, 0.4) is 0 Å². The van der Waals surface area contributed by atoms with Crippen molar-refractivity contribution >= 4 is 0 Å². The number of rotatable bonds is 4. The maximum atomic E-state index is 5.65. The normalized spacial score (nSPS) is 10.2. The van der Waals surface area contributed by atoms with Crippen LogP contribution in [0.15, 0.2) is 36.7 Å². The molecule has 0 saturated heterocycles. The minimum atomic E-state index is 0.734. The van der Waals surface area contributed by atoms with E-state index in [1.54, 1.807) is 6.20 Å². The van der Waals surface area contributed by atoms with Crippen molar-refractivity contribution in [2.45, 2.75) is 13.3 Å². The number of hydrogen-bond donors (Lipinski definition) is 1. The van der Waals surface area contributed by atoms with Gasteiger partial charge in [-0.15, -0.1) is 0 Å². The highest BCUT2D eigenvalue weighted by Crippen LogP contribution is 2.26. The molecule has 2 aromatic rings. The van der Waals surface area contributed by atoms with Crippen molar-refractivity contribution in [3.63, 3.8) is 0 Å². The summed E-state index contributed by atoms with van der Waals surface area (Å²) in [6, 6.07) is 7.92. The molecule has 1 N–H and O–H groups in total.